The molecule has 0 bridgehead atoms. The highest BCUT2D eigenvalue weighted by molar-refractivity contribution is 6.30. The number of hydrogen-bond donors (Lipinski definition) is 2. The molecule has 0 aliphatic carbocycles. The molecule has 4 nitrogen and oxygen atoms in total. The molecule has 1 aromatic heterocycles. The van der Waals surface area contributed by atoms with Crippen molar-refractivity contribution in [3.63, 3.8) is 0 Å². The zero-order chi connectivity index (χ0) is 11.6. The predicted octanol–water partition coefficient (Wildman–Crippen LogP) is 2.84. The number of aromatic nitrogens is 1. The maximum Gasteiger partial charge on any atom is 0.419 e. The first-order valence-corrected chi connectivity index (χ1v) is 3.91. The molecule has 0 fully saturated rings. The third kappa shape index (κ3) is 2.98. The van der Waals surface area contributed by atoms with Gasteiger partial charge in [0.15, 0.2) is 0 Å². The Labute approximate surface area is 86.7 Å². The summed E-state index contributed by atoms with van der Waals surface area (Å²) in [5.41, 5.74) is -1.48. The summed E-state index contributed by atoms with van der Waals surface area (Å²) in [7, 11) is 0. The van der Waals surface area contributed by atoms with Crippen LogP contribution in [0.3, 0.4) is 0 Å². The Morgan fingerprint density at radius 3 is 2.60 bits per heavy atom. The van der Waals surface area contributed by atoms with Crippen LogP contribution in [0.25, 0.3) is 0 Å². The van der Waals surface area contributed by atoms with E-state index in [1.165, 1.54) is 0 Å². The van der Waals surface area contributed by atoms with Gasteiger partial charge in [-0.3, -0.25) is 5.32 Å². The van der Waals surface area contributed by atoms with E-state index in [2.05, 4.69) is 4.98 Å². The van der Waals surface area contributed by atoms with Crippen LogP contribution in [-0.2, 0) is 6.18 Å². The van der Waals surface area contributed by atoms with Crippen molar-refractivity contribution in [1.29, 1.82) is 0 Å². The lowest BCUT2D eigenvalue weighted by Crippen LogP contribution is -2.11. The highest BCUT2D eigenvalue weighted by atomic mass is 35.5. The molecule has 0 aliphatic rings. The van der Waals surface area contributed by atoms with Gasteiger partial charge in [-0.25, -0.2) is 9.78 Å². The monoisotopic (exact) mass is 240 g/mol. The fraction of sp³-hybridized carbons (Fsp3) is 0.143. The van der Waals surface area contributed by atoms with Gasteiger partial charge in [-0.05, 0) is 6.07 Å². The van der Waals surface area contributed by atoms with Crippen LogP contribution >= 0.6 is 11.6 Å². The molecule has 1 amide bonds. The molecule has 8 heteroatoms. The smallest absolute Gasteiger partial charge is 0.419 e. The molecular weight excluding hydrogens is 237 g/mol. The Hall–Kier alpha value is -1.50. The van der Waals surface area contributed by atoms with Gasteiger partial charge in [-0.15, -0.1) is 0 Å². The lowest BCUT2D eigenvalue weighted by molar-refractivity contribution is -0.137. The van der Waals surface area contributed by atoms with Crippen LogP contribution in [0, 0.1) is 0 Å². The highest BCUT2D eigenvalue weighted by Crippen LogP contribution is 2.34. The second-order valence-corrected chi connectivity index (χ2v) is 2.85. The van der Waals surface area contributed by atoms with Gasteiger partial charge in [0.25, 0.3) is 0 Å². The van der Waals surface area contributed by atoms with Crippen LogP contribution < -0.4 is 5.32 Å². The number of nitrogens with one attached hydrogen (secondary N) is 1. The van der Waals surface area contributed by atoms with Crippen molar-refractivity contribution in [1.82, 2.24) is 4.98 Å². The van der Waals surface area contributed by atoms with E-state index in [4.69, 9.17) is 16.7 Å². The third-order valence-corrected chi connectivity index (χ3v) is 1.70. The largest absolute Gasteiger partial charge is 0.465 e. The lowest BCUT2D eigenvalue weighted by atomic mass is 10.2. The first-order chi connectivity index (χ1) is 6.80. The van der Waals surface area contributed by atoms with Crippen molar-refractivity contribution in [3.05, 3.63) is 23.0 Å². The molecule has 0 radical (unpaired) electrons. The number of anilines is 1. The fourth-order valence-corrected chi connectivity index (χ4v) is 1.05. The van der Waals surface area contributed by atoms with Crippen LogP contribution in [0.5, 0.6) is 0 Å². The molecule has 1 aromatic rings. The van der Waals surface area contributed by atoms with Crippen LogP contribution in [0.2, 0.25) is 5.15 Å². The summed E-state index contributed by atoms with van der Waals surface area (Å²) in [4.78, 5) is 13.4. The number of alkyl halides is 3. The Morgan fingerprint density at radius 1 is 1.53 bits per heavy atom. The summed E-state index contributed by atoms with van der Waals surface area (Å²) >= 11 is 5.21. The maximum absolute atomic E-state index is 12.3. The number of hydrogen-bond acceptors (Lipinski definition) is 2. The summed E-state index contributed by atoms with van der Waals surface area (Å²) in [5.74, 6) is 0. The second kappa shape index (κ2) is 3.93. The SMILES string of the molecule is O=C(O)Nc1cnc(Cl)c(C(F)(F)F)c1. The topological polar surface area (TPSA) is 62.2 Å². The first kappa shape index (κ1) is 11.6. The molecular formula is C7H4ClF3N2O2. The Balaban J connectivity index is 3.11. The molecule has 0 saturated heterocycles. The average molecular weight is 241 g/mol. The van der Waals surface area contributed by atoms with Gasteiger partial charge < -0.3 is 5.11 Å². The summed E-state index contributed by atoms with van der Waals surface area (Å²) in [6.07, 6.45) is -5.25. The molecule has 0 aromatic carbocycles. The van der Waals surface area contributed by atoms with Gasteiger partial charge in [0.05, 0.1) is 17.4 Å². The van der Waals surface area contributed by atoms with Crippen molar-refractivity contribution in [2.75, 3.05) is 5.32 Å². The molecule has 0 unspecified atom stereocenters. The third-order valence-electron chi connectivity index (χ3n) is 1.40. The molecule has 0 spiro atoms. The molecule has 82 valence electrons. The van der Waals surface area contributed by atoms with Crippen LogP contribution in [-0.4, -0.2) is 16.2 Å². The molecule has 1 heterocycles. The minimum absolute atomic E-state index is 0.292. The maximum atomic E-state index is 12.3. The Bertz CT molecular complexity index is 394. The summed E-state index contributed by atoms with van der Waals surface area (Å²) in [5, 5.41) is 9.29. The molecule has 15 heavy (non-hydrogen) atoms. The van der Waals surface area contributed by atoms with Gasteiger partial charge in [-0.2, -0.15) is 13.2 Å². The van der Waals surface area contributed by atoms with Crippen LogP contribution in [0.1, 0.15) is 5.56 Å². The normalized spacial score (nSPS) is 11.2. The Morgan fingerprint density at radius 2 is 2.13 bits per heavy atom. The predicted molar refractivity (Wildman–Crippen MR) is 45.9 cm³/mol. The minimum atomic E-state index is -4.67. The molecule has 2 N–H and O–H groups in total. The number of carboxylic acid groups (broad SMARTS) is 1. The van der Waals surface area contributed by atoms with E-state index in [9.17, 15) is 18.0 Å². The van der Waals surface area contributed by atoms with Gasteiger partial charge in [0.1, 0.15) is 5.15 Å². The fourth-order valence-electron chi connectivity index (χ4n) is 0.839. The number of nitrogens with zero attached hydrogens (tertiary/aromatic N) is 1. The van der Waals surface area contributed by atoms with Crippen LogP contribution in [0.4, 0.5) is 23.7 Å². The zero-order valence-corrected chi connectivity index (χ0v) is 7.73. The van der Waals surface area contributed by atoms with E-state index in [0.717, 1.165) is 6.20 Å². The van der Waals surface area contributed by atoms with Gasteiger partial charge in [-0.1, -0.05) is 11.6 Å². The van der Waals surface area contributed by atoms with E-state index in [0.29, 0.717) is 6.07 Å². The van der Waals surface area contributed by atoms with E-state index in [1.807, 2.05) is 0 Å². The summed E-state index contributed by atoms with van der Waals surface area (Å²) < 4.78 is 36.8. The molecule has 0 atom stereocenters. The van der Waals surface area contributed by atoms with Gasteiger partial charge in [0, 0.05) is 0 Å². The van der Waals surface area contributed by atoms with Gasteiger partial charge >= 0.3 is 12.3 Å². The zero-order valence-electron chi connectivity index (χ0n) is 6.97. The van der Waals surface area contributed by atoms with Gasteiger partial charge in [0.2, 0.25) is 0 Å². The number of rotatable bonds is 1. The quantitative estimate of drug-likeness (QED) is 0.742. The van der Waals surface area contributed by atoms with Crippen molar-refractivity contribution in [3.8, 4) is 0 Å². The Kier molecular flexibility index (Phi) is 3.04. The van der Waals surface area contributed by atoms with E-state index >= 15 is 0 Å². The van der Waals surface area contributed by atoms with Crippen molar-refractivity contribution >= 4 is 23.4 Å². The average Bonchev–Trinajstić information content (AvgIpc) is 2.05. The van der Waals surface area contributed by atoms with Crippen molar-refractivity contribution in [2.45, 2.75) is 6.18 Å². The number of carbonyl (C=O) groups is 1. The standard InChI is InChI=1S/C7H4ClF3N2O2/c8-5-4(7(9,10)11)1-3(2-12-5)13-6(14)15/h1-2,13H,(H,14,15). The second-order valence-electron chi connectivity index (χ2n) is 2.49. The minimum Gasteiger partial charge on any atom is -0.465 e. The molecule has 0 saturated carbocycles. The van der Waals surface area contributed by atoms with Crippen molar-refractivity contribution < 1.29 is 23.1 Å². The number of amides is 1. The van der Waals surface area contributed by atoms with Crippen LogP contribution in [0.15, 0.2) is 12.3 Å². The number of halogens is 4. The molecule has 0 aliphatic heterocycles. The van der Waals surface area contributed by atoms with E-state index in [-0.39, 0.29) is 5.69 Å². The lowest BCUT2D eigenvalue weighted by Gasteiger charge is -2.09. The summed E-state index contributed by atoms with van der Waals surface area (Å²) in [6.45, 7) is 0. The van der Waals surface area contributed by atoms with Crippen molar-refractivity contribution in [2.24, 2.45) is 0 Å². The van der Waals surface area contributed by atoms with E-state index < -0.39 is 23.0 Å². The first-order valence-electron chi connectivity index (χ1n) is 3.53. The van der Waals surface area contributed by atoms with E-state index in [1.54, 1.807) is 5.32 Å². The number of pyridine rings is 1. The highest BCUT2D eigenvalue weighted by Gasteiger charge is 2.34. The summed E-state index contributed by atoms with van der Waals surface area (Å²) in [6, 6.07) is 0.573. The molecule has 1 rings (SSSR count).